The van der Waals surface area contributed by atoms with Crippen molar-refractivity contribution in [3.8, 4) is 0 Å². The molecule has 0 saturated heterocycles. The van der Waals surface area contributed by atoms with E-state index in [1.54, 1.807) is 19.2 Å². The average molecular weight is 435 g/mol. The first-order valence-electron chi connectivity index (χ1n) is 10.2. The van der Waals surface area contributed by atoms with E-state index in [0.717, 1.165) is 29.1 Å². The van der Waals surface area contributed by atoms with Crippen LogP contribution in [0.5, 0.6) is 0 Å². The van der Waals surface area contributed by atoms with E-state index in [-0.39, 0.29) is 6.04 Å². The summed E-state index contributed by atoms with van der Waals surface area (Å²) in [4.78, 5) is 4.92. The van der Waals surface area contributed by atoms with E-state index in [2.05, 4.69) is 20.7 Å². The Bertz CT molecular complexity index is 978. The van der Waals surface area contributed by atoms with Crippen LogP contribution in [0.25, 0.3) is 0 Å². The molecule has 166 valence electrons. The number of aromatic nitrogens is 2. The van der Waals surface area contributed by atoms with E-state index in [1.807, 2.05) is 58.5 Å². The second kappa shape index (κ2) is 10.1. The van der Waals surface area contributed by atoms with Crippen LogP contribution < -0.4 is 10.6 Å². The van der Waals surface area contributed by atoms with Gasteiger partial charge in [-0.1, -0.05) is 12.1 Å². The molecule has 0 fully saturated rings. The van der Waals surface area contributed by atoms with E-state index in [4.69, 9.17) is 0 Å². The van der Waals surface area contributed by atoms with Crippen molar-refractivity contribution in [2.75, 3.05) is 13.6 Å². The van der Waals surface area contributed by atoms with Gasteiger partial charge in [0.05, 0.1) is 17.1 Å². The van der Waals surface area contributed by atoms with Crippen molar-refractivity contribution < 1.29 is 8.42 Å². The summed E-state index contributed by atoms with van der Waals surface area (Å²) in [6.45, 7) is 11.6. The highest BCUT2D eigenvalue weighted by atomic mass is 32.2. The Balaban J connectivity index is 2.09. The van der Waals surface area contributed by atoms with Crippen molar-refractivity contribution >= 4 is 16.0 Å². The van der Waals surface area contributed by atoms with Crippen molar-refractivity contribution in [3.05, 3.63) is 46.8 Å². The van der Waals surface area contributed by atoms with E-state index in [1.165, 1.54) is 4.31 Å². The number of nitrogens with zero attached hydrogens (tertiary/aromatic N) is 4. The van der Waals surface area contributed by atoms with Crippen LogP contribution in [0, 0.1) is 13.8 Å². The van der Waals surface area contributed by atoms with Crippen LogP contribution >= 0.6 is 0 Å². The first kappa shape index (κ1) is 23.9. The lowest BCUT2D eigenvalue weighted by Gasteiger charge is -2.21. The molecule has 0 unspecified atom stereocenters. The van der Waals surface area contributed by atoms with Gasteiger partial charge in [0.1, 0.15) is 0 Å². The first-order valence-corrected chi connectivity index (χ1v) is 11.6. The molecule has 0 aliphatic carbocycles. The van der Waals surface area contributed by atoms with Crippen molar-refractivity contribution in [3.63, 3.8) is 0 Å². The van der Waals surface area contributed by atoms with Gasteiger partial charge in [0, 0.05) is 44.5 Å². The molecular weight excluding hydrogens is 400 g/mol. The summed E-state index contributed by atoms with van der Waals surface area (Å²) in [5.74, 6) is 0.705. The molecule has 2 rings (SSSR count). The molecule has 0 saturated carbocycles. The Kier molecular flexibility index (Phi) is 8.03. The van der Waals surface area contributed by atoms with Crippen molar-refractivity contribution in [2.45, 2.75) is 58.6 Å². The van der Waals surface area contributed by atoms with Gasteiger partial charge >= 0.3 is 0 Å². The number of guanidine groups is 1. The summed E-state index contributed by atoms with van der Waals surface area (Å²) < 4.78 is 28.4. The fraction of sp³-hybridized carbons (Fsp3) is 0.524. The summed E-state index contributed by atoms with van der Waals surface area (Å²) >= 11 is 0. The van der Waals surface area contributed by atoms with Gasteiger partial charge in [0.2, 0.25) is 10.0 Å². The van der Waals surface area contributed by atoms with Crippen LogP contribution in [0.4, 0.5) is 0 Å². The second-order valence-electron chi connectivity index (χ2n) is 7.58. The van der Waals surface area contributed by atoms with Crippen LogP contribution in [0.2, 0.25) is 0 Å². The summed E-state index contributed by atoms with van der Waals surface area (Å²) in [5.41, 5.74) is 4.22. The molecule has 30 heavy (non-hydrogen) atoms. The zero-order chi connectivity index (χ0) is 22.5. The summed E-state index contributed by atoms with van der Waals surface area (Å²) in [6, 6.07) is 6.80. The maximum atomic E-state index is 12.6. The lowest BCUT2D eigenvalue weighted by Crippen LogP contribution is -2.37. The maximum Gasteiger partial charge on any atom is 0.243 e. The van der Waals surface area contributed by atoms with Crippen LogP contribution in [0.3, 0.4) is 0 Å². The quantitative estimate of drug-likeness (QED) is 0.491. The zero-order valence-corrected chi connectivity index (χ0v) is 19.8. The van der Waals surface area contributed by atoms with Gasteiger partial charge in [-0.15, -0.1) is 0 Å². The van der Waals surface area contributed by atoms with Crippen molar-refractivity contribution in [2.24, 2.45) is 12.0 Å². The first-order chi connectivity index (χ1) is 14.1. The molecule has 0 aliphatic rings. The largest absolute Gasteiger partial charge is 0.357 e. The standard InChI is InChI=1S/C21H34N6O2S/c1-8-22-21(24-14-20-16(4)25-26(6)17(20)5)23-13-18-9-11-19(12-10-18)30(28,29)27(7)15(2)3/h9-12,15H,8,13-14H2,1-7H3,(H2,22,23,24). The predicted octanol–water partition coefficient (Wildman–Crippen LogP) is 2.32. The highest BCUT2D eigenvalue weighted by Crippen LogP contribution is 2.17. The number of hydrogen-bond acceptors (Lipinski definition) is 4. The molecule has 0 aliphatic heterocycles. The predicted molar refractivity (Wildman–Crippen MR) is 121 cm³/mol. The summed E-state index contributed by atoms with van der Waals surface area (Å²) in [7, 11) is 0.0585. The number of rotatable bonds is 8. The lowest BCUT2D eigenvalue weighted by atomic mass is 10.2. The van der Waals surface area contributed by atoms with Gasteiger partial charge in [-0.25, -0.2) is 13.4 Å². The van der Waals surface area contributed by atoms with E-state index in [0.29, 0.717) is 23.9 Å². The summed E-state index contributed by atoms with van der Waals surface area (Å²) in [6.07, 6.45) is 0. The fourth-order valence-electron chi connectivity index (χ4n) is 2.97. The molecule has 9 heteroatoms. The Labute approximate surface area is 180 Å². The Morgan fingerprint density at radius 3 is 2.33 bits per heavy atom. The number of nitrogens with one attached hydrogen (secondary N) is 2. The summed E-state index contributed by atoms with van der Waals surface area (Å²) in [5, 5.41) is 11.0. The molecule has 1 aromatic heterocycles. The molecule has 0 radical (unpaired) electrons. The smallest absolute Gasteiger partial charge is 0.243 e. The minimum atomic E-state index is -3.48. The highest BCUT2D eigenvalue weighted by molar-refractivity contribution is 7.89. The Hall–Kier alpha value is -2.39. The second-order valence-corrected chi connectivity index (χ2v) is 9.58. The van der Waals surface area contributed by atoms with Gasteiger partial charge in [-0.3, -0.25) is 4.68 Å². The number of aryl methyl sites for hydroxylation is 2. The molecule has 1 aromatic carbocycles. The van der Waals surface area contributed by atoms with E-state index < -0.39 is 10.0 Å². The van der Waals surface area contributed by atoms with E-state index in [9.17, 15) is 8.42 Å². The van der Waals surface area contributed by atoms with E-state index >= 15 is 0 Å². The molecule has 0 atom stereocenters. The van der Waals surface area contributed by atoms with Crippen LogP contribution in [0.1, 0.15) is 43.3 Å². The van der Waals surface area contributed by atoms with Gasteiger partial charge in [-0.05, 0) is 52.3 Å². The number of hydrogen-bond donors (Lipinski definition) is 2. The third-order valence-electron chi connectivity index (χ3n) is 5.18. The van der Waals surface area contributed by atoms with Crippen LogP contribution in [-0.4, -0.2) is 48.1 Å². The topological polar surface area (TPSA) is 91.6 Å². The van der Waals surface area contributed by atoms with Gasteiger partial charge in [0.25, 0.3) is 0 Å². The number of benzene rings is 1. The van der Waals surface area contributed by atoms with Crippen molar-refractivity contribution in [1.82, 2.24) is 24.7 Å². The SMILES string of the molecule is CCNC(=NCc1ccc(S(=O)(=O)N(C)C(C)C)cc1)NCc1c(C)nn(C)c1C. The van der Waals surface area contributed by atoms with Crippen LogP contribution in [0.15, 0.2) is 34.2 Å². The molecule has 0 bridgehead atoms. The van der Waals surface area contributed by atoms with Gasteiger partial charge in [0.15, 0.2) is 5.96 Å². The maximum absolute atomic E-state index is 12.6. The molecule has 2 aromatic rings. The minimum Gasteiger partial charge on any atom is -0.357 e. The highest BCUT2D eigenvalue weighted by Gasteiger charge is 2.22. The monoisotopic (exact) mass is 434 g/mol. The number of aliphatic imine (C=N–C) groups is 1. The van der Waals surface area contributed by atoms with Gasteiger partial charge < -0.3 is 10.6 Å². The molecule has 1 heterocycles. The molecule has 8 nitrogen and oxygen atoms in total. The third-order valence-corrected chi connectivity index (χ3v) is 7.23. The van der Waals surface area contributed by atoms with Gasteiger partial charge in [-0.2, -0.15) is 9.40 Å². The van der Waals surface area contributed by atoms with Crippen molar-refractivity contribution in [1.29, 1.82) is 0 Å². The normalized spacial score (nSPS) is 12.6. The fourth-order valence-corrected chi connectivity index (χ4v) is 4.34. The Morgan fingerprint density at radius 2 is 1.83 bits per heavy atom. The molecule has 0 spiro atoms. The molecule has 0 amide bonds. The zero-order valence-electron chi connectivity index (χ0n) is 19.0. The average Bonchev–Trinajstić information content (AvgIpc) is 2.95. The molecular formula is C21H34N6O2S. The third kappa shape index (κ3) is 5.60. The minimum absolute atomic E-state index is 0.0971. The lowest BCUT2D eigenvalue weighted by molar-refractivity contribution is 0.410. The number of sulfonamides is 1. The van der Waals surface area contributed by atoms with Crippen LogP contribution in [-0.2, 0) is 30.2 Å². The Morgan fingerprint density at radius 1 is 1.20 bits per heavy atom. The molecule has 2 N–H and O–H groups in total.